The smallest absolute Gasteiger partial charge is 0.148 e. The zero-order chi connectivity index (χ0) is 13.3. The van der Waals surface area contributed by atoms with E-state index in [0.717, 1.165) is 36.0 Å². The number of anilines is 2. The standard InChI is InChI=1S/C14H26N4/c1-5-6-12-13(15)14(18(4)17-12)16-11-8-7-9(2)10(11)3/h9-11,16H,5-8,15H2,1-4H3. The summed E-state index contributed by atoms with van der Waals surface area (Å²) < 4.78 is 1.90. The number of nitrogens with two attached hydrogens (primary N) is 1. The molecule has 0 bridgehead atoms. The average Bonchev–Trinajstić information content (AvgIpc) is 2.78. The van der Waals surface area contributed by atoms with Crippen LogP contribution in [0.3, 0.4) is 0 Å². The molecule has 0 saturated heterocycles. The molecule has 18 heavy (non-hydrogen) atoms. The molecule has 0 aliphatic heterocycles. The second-order valence-electron chi connectivity index (χ2n) is 5.75. The topological polar surface area (TPSA) is 55.9 Å². The minimum atomic E-state index is 0.534. The van der Waals surface area contributed by atoms with Gasteiger partial charge < -0.3 is 11.1 Å². The lowest BCUT2D eigenvalue weighted by Gasteiger charge is -2.21. The fourth-order valence-electron chi connectivity index (χ4n) is 2.93. The maximum Gasteiger partial charge on any atom is 0.148 e. The molecule has 1 heterocycles. The lowest BCUT2D eigenvalue weighted by molar-refractivity contribution is 0.434. The maximum absolute atomic E-state index is 6.20. The third kappa shape index (κ3) is 2.33. The van der Waals surface area contributed by atoms with Gasteiger partial charge >= 0.3 is 0 Å². The highest BCUT2D eigenvalue weighted by atomic mass is 15.3. The molecule has 102 valence electrons. The van der Waals surface area contributed by atoms with Gasteiger partial charge in [-0.15, -0.1) is 0 Å². The van der Waals surface area contributed by atoms with Gasteiger partial charge in [-0.3, -0.25) is 4.68 Å². The van der Waals surface area contributed by atoms with Crippen LogP contribution in [-0.2, 0) is 13.5 Å². The number of nitrogen functional groups attached to an aromatic ring is 1. The van der Waals surface area contributed by atoms with E-state index in [0.29, 0.717) is 12.0 Å². The highest BCUT2D eigenvalue weighted by Crippen LogP contribution is 2.34. The van der Waals surface area contributed by atoms with Crippen LogP contribution in [0.15, 0.2) is 0 Å². The number of rotatable bonds is 4. The van der Waals surface area contributed by atoms with Gasteiger partial charge in [-0.05, 0) is 31.1 Å². The number of nitrogens with one attached hydrogen (secondary N) is 1. The molecule has 1 aromatic heterocycles. The first-order valence-corrected chi connectivity index (χ1v) is 7.12. The van der Waals surface area contributed by atoms with Crippen LogP contribution in [-0.4, -0.2) is 15.8 Å². The van der Waals surface area contributed by atoms with Crippen molar-refractivity contribution in [3.63, 3.8) is 0 Å². The van der Waals surface area contributed by atoms with Crippen molar-refractivity contribution >= 4 is 11.5 Å². The molecule has 1 saturated carbocycles. The van der Waals surface area contributed by atoms with E-state index in [1.165, 1.54) is 12.8 Å². The first kappa shape index (κ1) is 13.2. The van der Waals surface area contributed by atoms with Crippen molar-refractivity contribution in [1.82, 2.24) is 9.78 Å². The SMILES string of the molecule is CCCc1nn(C)c(NC2CCC(C)C2C)c1N. The molecule has 3 N–H and O–H groups in total. The van der Waals surface area contributed by atoms with Gasteiger partial charge in [0.05, 0.1) is 11.4 Å². The quantitative estimate of drug-likeness (QED) is 0.864. The highest BCUT2D eigenvalue weighted by Gasteiger charge is 2.30. The van der Waals surface area contributed by atoms with Crippen LogP contribution in [0.4, 0.5) is 11.5 Å². The van der Waals surface area contributed by atoms with Crippen LogP contribution in [0.2, 0.25) is 0 Å². The molecule has 4 heteroatoms. The zero-order valence-corrected chi connectivity index (χ0v) is 12.0. The number of hydrogen-bond donors (Lipinski definition) is 2. The van der Waals surface area contributed by atoms with Crippen molar-refractivity contribution in [2.24, 2.45) is 18.9 Å². The molecular weight excluding hydrogens is 224 g/mol. The first-order chi connectivity index (χ1) is 8.54. The van der Waals surface area contributed by atoms with E-state index < -0.39 is 0 Å². The molecule has 1 aliphatic rings. The summed E-state index contributed by atoms with van der Waals surface area (Å²) in [4.78, 5) is 0. The van der Waals surface area contributed by atoms with E-state index in [9.17, 15) is 0 Å². The fraction of sp³-hybridized carbons (Fsp3) is 0.786. The number of aryl methyl sites for hydroxylation is 2. The summed E-state index contributed by atoms with van der Waals surface area (Å²) in [5.74, 6) is 2.50. The second kappa shape index (κ2) is 5.21. The van der Waals surface area contributed by atoms with Crippen LogP contribution < -0.4 is 11.1 Å². The van der Waals surface area contributed by atoms with E-state index in [-0.39, 0.29) is 0 Å². The lowest BCUT2D eigenvalue weighted by Crippen LogP contribution is -2.25. The molecule has 0 amide bonds. The summed E-state index contributed by atoms with van der Waals surface area (Å²) in [7, 11) is 1.97. The predicted molar refractivity (Wildman–Crippen MR) is 76.6 cm³/mol. The summed E-state index contributed by atoms with van der Waals surface area (Å²) in [6.45, 7) is 6.82. The first-order valence-electron chi connectivity index (χ1n) is 7.12. The Bertz CT molecular complexity index is 410. The summed E-state index contributed by atoms with van der Waals surface area (Å²) in [6.07, 6.45) is 4.57. The Balaban J connectivity index is 2.14. The van der Waals surface area contributed by atoms with Crippen LogP contribution in [0.25, 0.3) is 0 Å². The van der Waals surface area contributed by atoms with Crippen molar-refractivity contribution in [3.8, 4) is 0 Å². The molecule has 1 aromatic rings. The Morgan fingerprint density at radius 3 is 2.67 bits per heavy atom. The van der Waals surface area contributed by atoms with E-state index in [4.69, 9.17) is 5.73 Å². The Hall–Kier alpha value is -1.19. The number of hydrogen-bond acceptors (Lipinski definition) is 3. The largest absolute Gasteiger partial charge is 0.394 e. The Morgan fingerprint density at radius 2 is 2.11 bits per heavy atom. The Morgan fingerprint density at radius 1 is 1.39 bits per heavy atom. The Labute approximate surface area is 110 Å². The van der Waals surface area contributed by atoms with Crippen LogP contribution in [0, 0.1) is 11.8 Å². The highest BCUT2D eigenvalue weighted by molar-refractivity contribution is 5.65. The molecule has 3 atom stereocenters. The summed E-state index contributed by atoms with van der Waals surface area (Å²) in [6, 6.07) is 0.534. The number of aromatic nitrogens is 2. The average molecular weight is 250 g/mol. The molecule has 3 unspecified atom stereocenters. The normalized spacial score (nSPS) is 27.7. The third-order valence-corrected chi connectivity index (χ3v) is 4.43. The van der Waals surface area contributed by atoms with Crippen molar-refractivity contribution in [1.29, 1.82) is 0 Å². The second-order valence-corrected chi connectivity index (χ2v) is 5.75. The van der Waals surface area contributed by atoms with E-state index in [1.807, 2.05) is 11.7 Å². The molecule has 1 fully saturated rings. The number of nitrogens with zero attached hydrogens (tertiary/aromatic N) is 2. The van der Waals surface area contributed by atoms with Gasteiger partial charge in [0, 0.05) is 13.1 Å². The summed E-state index contributed by atoms with van der Waals surface area (Å²) in [5, 5.41) is 8.13. The van der Waals surface area contributed by atoms with Gasteiger partial charge in [-0.1, -0.05) is 27.2 Å². The minimum Gasteiger partial charge on any atom is -0.394 e. The maximum atomic E-state index is 6.20. The van der Waals surface area contributed by atoms with E-state index >= 15 is 0 Å². The zero-order valence-electron chi connectivity index (χ0n) is 12.0. The van der Waals surface area contributed by atoms with Crippen molar-refractivity contribution in [2.45, 2.75) is 52.5 Å². The van der Waals surface area contributed by atoms with Gasteiger partial charge in [0.2, 0.25) is 0 Å². The van der Waals surface area contributed by atoms with Gasteiger partial charge in [0.1, 0.15) is 5.82 Å². The van der Waals surface area contributed by atoms with Crippen LogP contribution in [0.1, 0.15) is 45.7 Å². The van der Waals surface area contributed by atoms with Crippen molar-refractivity contribution < 1.29 is 0 Å². The predicted octanol–water partition coefficient (Wildman–Crippen LogP) is 2.80. The van der Waals surface area contributed by atoms with Crippen LogP contribution >= 0.6 is 0 Å². The van der Waals surface area contributed by atoms with Crippen molar-refractivity contribution in [3.05, 3.63) is 5.69 Å². The summed E-state index contributed by atoms with van der Waals surface area (Å²) in [5.41, 5.74) is 8.07. The fourth-order valence-corrected chi connectivity index (χ4v) is 2.93. The third-order valence-electron chi connectivity index (χ3n) is 4.43. The monoisotopic (exact) mass is 250 g/mol. The molecule has 4 nitrogen and oxygen atoms in total. The van der Waals surface area contributed by atoms with Crippen LogP contribution in [0.5, 0.6) is 0 Å². The molecule has 2 rings (SSSR count). The summed E-state index contributed by atoms with van der Waals surface area (Å²) >= 11 is 0. The minimum absolute atomic E-state index is 0.534. The van der Waals surface area contributed by atoms with Gasteiger partial charge in [0.15, 0.2) is 0 Å². The molecule has 1 aliphatic carbocycles. The Kier molecular flexibility index (Phi) is 3.83. The lowest BCUT2D eigenvalue weighted by atomic mass is 9.98. The molecule has 0 radical (unpaired) electrons. The van der Waals surface area contributed by atoms with Gasteiger partial charge in [-0.2, -0.15) is 5.10 Å². The molecule has 0 spiro atoms. The molecular formula is C14H26N4. The van der Waals surface area contributed by atoms with Crippen molar-refractivity contribution in [2.75, 3.05) is 11.1 Å². The van der Waals surface area contributed by atoms with Gasteiger partial charge in [0.25, 0.3) is 0 Å². The van der Waals surface area contributed by atoms with E-state index in [1.54, 1.807) is 0 Å². The van der Waals surface area contributed by atoms with Gasteiger partial charge in [-0.25, -0.2) is 0 Å². The van der Waals surface area contributed by atoms with E-state index in [2.05, 4.69) is 31.2 Å². The molecule has 0 aromatic carbocycles.